The number of aromatic nitrogens is 1. The topological polar surface area (TPSA) is 42.1 Å². The molecule has 0 radical (unpaired) electrons. The molecule has 0 fully saturated rings. The highest BCUT2D eigenvalue weighted by molar-refractivity contribution is 14.1. The van der Waals surface area contributed by atoms with Crippen LogP contribution in [-0.4, -0.2) is 18.1 Å². The fraction of sp³-hybridized carbons (Fsp3) is 0.100. The molecule has 0 aliphatic heterocycles. The Bertz CT molecular complexity index is 580. The van der Waals surface area contributed by atoms with E-state index in [2.05, 4.69) is 9.72 Å². The van der Waals surface area contributed by atoms with Gasteiger partial charge >= 0.3 is 5.97 Å². The number of methoxy groups -OCH3 is 1. The second-order valence-electron chi connectivity index (χ2n) is 3.12. The maximum absolute atomic E-state index is 13.0. The molecule has 0 aliphatic carbocycles. The Kier molecular flexibility index (Phi) is 2.83. The average Bonchev–Trinajstić information content (AvgIpc) is 2.56. The third-order valence-corrected chi connectivity index (χ3v) is 3.29. The predicted octanol–water partition coefficient (Wildman–Crippen LogP) is 2.84. The standard InChI is InChI=1S/C10H6F2INO2/c1-16-10(15)9-8(13)4-2-5(11)6(12)3-7(4)14-9/h2-3,14H,1H3. The first kappa shape index (κ1) is 11.3. The fourth-order valence-corrected chi connectivity index (χ4v) is 2.20. The third-order valence-electron chi connectivity index (χ3n) is 2.17. The minimum atomic E-state index is -0.957. The number of ether oxygens (including phenoxy) is 1. The van der Waals surface area contributed by atoms with Crippen LogP contribution in [0.15, 0.2) is 12.1 Å². The van der Waals surface area contributed by atoms with Crippen LogP contribution in [0.25, 0.3) is 10.9 Å². The quantitative estimate of drug-likeness (QED) is 0.642. The van der Waals surface area contributed by atoms with Crippen LogP contribution in [0.1, 0.15) is 10.5 Å². The second kappa shape index (κ2) is 4.00. The van der Waals surface area contributed by atoms with Gasteiger partial charge in [-0.15, -0.1) is 0 Å². The Balaban J connectivity index is 2.73. The van der Waals surface area contributed by atoms with Crippen molar-refractivity contribution in [3.05, 3.63) is 33.0 Å². The Morgan fingerprint density at radius 3 is 2.62 bits per heavy atom. The lowest BCUT2D eigenvalue weighted by atomic mass is 10.2. The molecule has 0 atom stereocenters. The van der Waals surface area contributed by atoms with E-state index < -0.39 is 17.6 Å². The van der Waals surface area contributed by atoms with Gasteiger partial charge < -0.3 is 9.72 Å². The Morgan fingerprint density at radius 2 is 2.00 bits per heavy atom. The van der Waals surface area contributed by atoms with E-state index in [0.717, 1.165) is 12.1 Å². The number of halogens is 3. The molecule has 0 amide bonds. The van der Waals surface area contributed by atoms with Gasteiger partial charge in [0, 0.05) is 11.5 Å². The summed E-state index contributed by atoms with van der Waals surface area (Å²) in [6.45, 7) is 0. The highest BCUT2D eigenvalue weighted by Gasteiger charge is 2.18. The SMILES string of the molecule is COC(=O)c1[nH]c2cc(F)c(F)cc2c1I. The Labute approximate surface area is 103 Å². The lowest BCUT2D eigenvalue weighted by Gasteiger charge is -1.95. The molecule has 0 unspecified atom stereocenters. The molecule has 3 nitrogen and oxygen atoms in total. The van der Waals surface area contributed by atoms with E-state index in [0.29, 0.717) is 14.5 Å². The Hall–Kier alpha value is -1.18. The highest BCUT2D eigenvalue weighted by Crippen LogP contribution is 2.26. The summed E-state index contributed by atoms with van der Waals surface area (Å²) in [6.07, 6.45) is 0. The number of H-pyrrole nitrogens is 1. The molecular formula is C10H6F2INO2. The van der Waals surface area contributed by atoms with E-state index in [1.54, 1.807) is 0 Å². The number of nitrogens with one attached hydrogen (secondary N) is 1. The summed E-state index contributed by atoms with van der Waals surface area (Å²) in [4.78, 5) is 14.0. The molecule has 1 heterocycles. The van der Waals surface area contributed by atoms with Crippen LogP contribution in [0.5, 0.6) is 0 Å². The normalized spacial score (nSPS) is 10.8. The van der Waals surface area contributed by atoms with Crippen molar-refractivity contribution < 1.29 is 18.3 Å². The number of fused-ring (bicyclic) bond motifs is 1. The monoisotopic (exact) mass is 337 g/mol. The Morgan fingerprint density at radius 1 is 1.38 bits per heavy atom. The molecule has 0 aliphatic rings. The molecule has 1 N–H and O–H groups in total. The van der Waals surface area contributed by atoms with Crippen molar-refractivity contribution in [3.8, 4) is 0 Å². The zero-order valence-electron chi connectivity index (χ0n) is 8.11. The highest BCUT2D eigenvalue weighted by atomic mass is 127. The van der Waals surface area contributed by atoms with Crippen molar-refractivity contribution in [2.45, 2.75) is 0 Å². The van der Waals surface area contributed by atoms with Gasteiger partial charge in [0.15, 0.2) is 11.6 Å². The van der Waals surface area contributed by atoms with Crippen LogP contribution in [0, 0.1) is 15.2 Å². The number of benzene rings is 1. The van der Waals surface area contributed by atoms with Gasteiger partial charge in [0.05, 0.1) is 16.2 Å². The molecule has 0 saturated heterocycles. The summed E-state index contributed by atoms with van der Waals surface area (Å²) in [5.41, 5.74) is 0.562. The zero-order valence-corrected chi connectivity index (χ0v) is 10.3. The first-order chi connectivity index (χ1) is 7.54. The predicted molar refractivity (Wildman–Crippen MR) is 62.3 cm³/mol. The maximum atomic E-state index is 13.0. The molecular weight excluding hydrogens is 331 g/mol. The van der Waals surface area contributed by atoms with Gasteiger partial charge in [-0.3, -0.25) is 0 Å². The van der Waals surface area contributed by atoms with Crippen LogP contribution < -0.4 is 0 Å². The van der Waals surface area contributed by atoms with E-state index in [-0.39, 0.29) is 5.69 Å². The molecule has 1 aromatic carbocycles. The second-order valence-corrected chi connectivity index (χ2v) is 4.20. The number of rotatable bonds is 1. The van der Waals surface area contributed by atoms with Crippen molar-refractivity contribution in [2.75, 3.05) is 7.11 Å². The molecule has 0 spiro atoms. The largest absolute Gasteiger partial charge is 0.464 e. The van der Waals surface area contributed by atoms with Crippen LogP contribution in [-0.2, 0) is 4.74 Å². The summed E-state index contributed by atoms with van der Waals surface area (Å²) in [7, 11) is 1.24. The van der Waals surface area contributed by atoms with Crippen molar-refractivity contribution in [3.63, 3.8) is 0 Å². The van der Waals surface area contributed by atoms with Gasteiger partial charge in [0.25, 0.3) is 0 Å². The van der Waals surface area contributed by atoms with Gasteiger partial charge in [-0.2, -0.15) is 0 Å². The van der Waals surface area contributed by atoms with E-state index in [9.17, 15) is 13.6 Å². The van der Waals surface area contributed by atoms with E-state index >= 15 is 0 Å². The fourth-order valence-electron chi connectivity index (χ4n) is 1.40. The first-order valence-electron chi connectivity index (χ1n) is 4.29. The van der Waals surface area contributed by atoms with Crippen molar-refractivity contribution in [1.82, 2.24) is 4.98 Å². The van der Waals surface area contributed by atoms with Crippen LogP contribution in [0.4, 0.5) is 8.78 Å². The van der Waals surface area contributed by atoms with E-state index in [1.807, 2.05) is 22.6 Å². The number of aromatic amines is 1. The van der Waals surface area contributed by atoms with Crippen LogP contribution in [0.2, 0.25) is 0 Å². The summed E-state index contributed by atoms with van der Waals surface area (Å²) < 4.78 is 31.0. The molecule has 2 rings (SSSR count). The summed E-state index contributed by atoms with van der Waals surface area (Å²) >= 11 is 1.88. The summed E-state index contributed by atoms with van der Waals surface area (Å²) in [6, 6.07) is 2.06. The molecule has 6 heteroatoms. The molecule has 16 heavy (non-hydrogen) atoms. The van der Waals surface area contributed by atoms with Crippen molar-refractivity contribution in [1.29, 1.82) is 0 Å². The number of hydrogen-bond acceptors (Lipinski definition) is 2. The molecule has 84 valence electrons. The van der Waals surface area contributed by atoms with E-state index in [1.165, 1.54) is 7.11 Å². The average molecular weight is 337 g/mol. The van der Waals surface area contributed by atoms with Gasteiger partial charge in [0.2, 0.25) is 0 Å². The van der Waals surface area contributed by atoms with Gasteiger partial charge in [-0.05, 0) is 28.7 Å². The van der Waals surface area contributed by atoms with Crippen molar-refractivity contribution >= 4 is 39.5 Å². The summed E-state index contributed by atoms with van der Waals surface area (Å²) in [5.74, 6) is -2.47. The van der Waals surface area contributed by atoms with E-state index in [4.69, 9.17) is 0 Å². The number of esters is 1. The number of carbonyl (C=O) groups excluding carboxylic acids is 1. The zero-order chi connectivity index (χ0) is 11.9. The third kappa shape index (κ3) is 1.66. The maximum Gasteiger partial charge on any atom is 0.355 e. The molecule has 0 saturated carbocycles. The summed E-state index contributed by atoms with van der Waals surface area (Å²) in [5, 5.41) is 0.458. The molecule has 0 bridgehead atoms. The number of carbonyl (C=O) groups is 1. The van der Waals surface area contributed by atoms with Gasteiger partial charge in [-0.25, -0.2) is 13.6 Å². The lowest BCUT2D eigenvalue weighted by molar-refractivity contribution is 0.0594. The van der Waals surface area contributed by atoms with Crippen molar-refractivity contribution in [2.24, 2.45) is 0 Å². The van der Waals surface area contributed by atoms with Crippen LogP contribution in [0.3, 0.4) is 0 Å². The van der Waals surface area contributed by atoms with Gasteiger partial charge in [-0.1, -0.05) is 0 Å². The number of hydrogen-bond donors (Lipinski definition) is 1. The van der Waals surface area contributed by atoms with Crippen LogP contribution >= 0.6 is 22.6 Å². The van der Waals surface area contributed by atoms with Gasteiger partial charge in [0.1, 0.15) is 5.69 Å². The smallest absolute Gasteiger partial charge is 0.355 e. The molecule has 1 aromatic heterocycles. The molecule has 2 aromatic rings. The first-order valence-corrected chi connectivity index (χ1v) is 5.37. The lowest BCUT2D eigenvalue weighted by Crippen LogP contribution is -2.02. The minimum Gasteiger partial charge on any atom is -0.464 e. The minimum absolute atomic E-state index is 0.197.